The summed E-state index contributed by atoms with van der Waals surface area (Å²) in [6.45, 7) is 2.00. The fourth-order valence-corrected chi connectivity index (χ4v) is 2.96. The first-order valence-electron chi connectivity index (χ1n) is 7.53. The van der Waals surface area contributed by atoms with Gasteiger partial charge in [-0.1, -0.05) is 29.3 Å². The summed E-state index contributed by atoms with van der Waals surface area (Å²) in [7, 11) is 2.09. The summed E-state index contributed by atoms with van der Waals surface area (Å²) in [5, 5.41) is 11.0. The van der Waals surface area contributed by atoms with Crippen LogP contribution >= 0.6 is 23.2 Å². The van der Waals surface area contributed by atoms with E-state index in [2.05, 4.69) is 27.5 Å². The van der Waals surface area contributed by atoms with Gasteiger partial charge < -0.3 is 10.2 Å². The third-order valence-corrected chi connectivity index (χ3v) is 4.83. The average Bonchev–Trinajstić information content (AvgIpc) is 3.02. The van der Waals surface area contributed by atoms with E-state index in [0.29, 0.717) is 21.4 Å². The number of piperidine rings is 1. The molecule has 1 aliphatic rings. The minimum atomic E-state index is -0.127. The normalized spacial score (nSPS) is 16.5. The molecule has 2 aromatic rings. The molecule has 1 aliphatic heterocycles. The van der Waals surface area contributed by atoms with Crippen molar-refractivity contribution in [3.63, 3.8) is 0 Å². The Morgan fingerprint density at radius 1 is 1.26 bits per heavy atom. The van der Waals surface area contributed by atoms with Crippen LogP contribution in [0.25, 0.3) is 11.3 Å². The number of H-pyrrole nitrogens is 1. The van der Waals surface area contributed by atoms with Crippen LogP contribution in [-0.4, -0.2) is 47.2 Å². The highest BCUT2D eigenvalue weighted by molar-refractivity contribution is 6.42. The lowest BCUT2D eigenvalue weighted by molar-refractivity contribution is 0.0912. The summed E-state index contributed by atoms with van der Waals surface area (Å²) >= 11 is 11.9. The third kappa shape index (κ3) is 3.86. The highest BCUT2D eigenvalue weighted by atomic mass is 35.5. The number of aromatic amines is 1. The summed E-state index contributed by atoms with van der Waals surface area (Å²) in [6, 6.07) is 7.22. The summed E-state index contributed by atoms with van der Waals surface area (Å²) in [6.07, 6.45) is 1.94. The van der Waals surface area contributed by atoms with Crippen LogP contribution in [0.3, 0.4) is 0 Å². The van der Waals surface area contributed by atoms with E-state index in [1.165, 1.54) is 0 Å². The van der Waals surface area contributed by atoms with Gasteiger partial charge in [0.05, 0.1) is 15.7 Å². The largest absolute Gasteiger partial charge is 0.348 e. The van der Waals surface area contributed by atoms with Crippen molar-refractivity contribution in [2.45, 2.75) is 18.9 Å². The van der Waals surface area contributed by atoms with Crippen LogP contribution in [0, 0.1) is 0 Å². The Bertz CT molecular complexity index is 708. The standard InChI is InChI=1S/C16H18Cl2N4O/c1-22-6-4-11(5-7-22)19-16(23)15-9-14(20-21-15)10-2-3-12(17)13(18)8-10/h2-3,8-9,11H,4-7H2,1H3,(H,19,23)(H,20,21). The van der Waals surface area contributed by atoms with Gasteiger partial charge in [-0.25, -0.2) is 0 Å². The lowest BCUT2D eigenvalue weighted by Gasteiger charge is -2.29. The molecule has 0 atom stereocenters. The first kappa shape index (κ1) is 16.3. The van der Waals surface area contributed by atoms with E-state index in [1.54, 1.807) is 18.2 Å². The predicted molar refractivity (Wildman–Crippen MR) is 92.0 cm³/mol. The summed E-state index contributed by atoms with van der Waals surface area (Å²) in [5.41, 5.74) is 1.93. The molecule has 2 N–H and O–H groups in total. The topological polar surface area (TPSA) is 61.0 Å². The monoisotopic (exact) mass is 352 g/mol. The summed E-state index contributed by atoms with van der Waals surface area (Å²) in [5.74, 6) is -0.127. The fraction of sp³-hybridized carbons (Fsp3) is 0.375. The Balaban J connectivity index is 1.68. The number of carbonyl (C=O) groups is 1. The Kier molecular flexibility index (Phi) is 4.90. The van der Waals surface area contributed by atoms with E-state index in [4.69, 9.17) is 23.2 Å². The Labute approximate surface area is 145 Å². The van der Waals surface area contributed by atoms with Gasteiger partial charge in [0.15, 0.2) is 0 Å². The van der Waals surface area contributed by atoms with E-state index < -0.39 is 0 Å². The minimum absolute atomic E-state index is 0.127. The molecule has 3 rings (SSSR count). The van der Waals surface area contributed by atoms with Gasteiger partial charge in [0.25, 0.3) is 5.91 Å². The molecule has 1 amide bonds. The predicted octanol–water partition coefficient (Wildman–Crippen LogP) is 3.21. The van der Waals surface area contributed by atoms with Crippen molar-refractivity contribution in [3.05, 3.63) is 40.0 Å². The quantitative estimate of drug-likeness (QED) is 0.891. The average molecular weight is 353 g/mol. The zero-order valence-electron chi connectivity index (χ0n) is 12.8. The van der Waals surface area contributed by atoms with Gasteiger partial charge in [-0.05, 0) is 51.2 Å². The molecule has 1 aromatic heterocycles. The molecule has 1 aromatic carbocycles. The van der Waals surface area contributed by atoms with Gasteiger partial charge in [-0.15, -0.1) is 0 Å². The lowest BCUT2D eigenvalue weighted by Crippen LogP contribution is -2.43. The number of hydrogen-bond acceptors (Lipinski definition) is 3. The van der Waals surface area contributed by atoms with Crippen LogP contribution in [-0.2, 0) is 0 Å². The van der Waals surface area contributed by atoms with Gasteiger partial charge in [-0.3, -0.25) is 9.89 Å². The zero-order chi connectivity index (χ0) is 16.4. The van der Waals surface area contributed by atoms with Crippen molar-refractivity contribution < 1.29 is 4.79 Å². The number of likely N-dealkylation sites (tertiary alicyclic amines) is 1. The number of nitrogens with one attached hydrogen (secondary N) is 2. The number of rotatable bonds is 3. The van der Waals surface area contributed by atoms with E-state index >= 15 is 0 Å². The molecule has 0 radical (unpaired) electrons. The fourth-order valence-electron chi connectivity index (χ4n) is 2.66. The van der Waals surface area contributed by atoms with E-state index in [9.17, 15) is 4.79 Å². The summed E-state index contributed by atoms with van der Waals surface area (Å²) < 4.78 is 0. The van der Waals surface area contributed by atoms with Crippen LogP contribution < -0.4 is 5.32 Å². The highest BCUT2D eigenvalue weighted by Crippen LogP contribution is 2.27. The lowest BCUT2D eigenvalue weighted by atomic mass is 10.1. The molecule has 122 valence electrons. The summed E-state index contributed by atoms with van der Waals surface area (Å²) in [4.78, 5) is 14.6. The maximum absolute atomic E-state index is 12.3. The van der Waals surface area contributed by atoms with Crippen LogP contribution in [0.4, 0.5) is 0 Å². The van der Waals surface area contributed by atoms with Gasteiger partial charge in [0.2, 0.25) is 0 Å². The number of carbonyl (C=O) groups excluding carboxylic acids is 1. The van der Waals surface area contributed by atoms with Crippen LogP contribution in [0.1, 0.15) is 23.3 Å². The van der Waals surface area contributed by atoms with Crippen molar-refractivity contribution in [3.8, 4) is 11.3 Å². The number of nitrogens with zero attached hydrogens (tertiary/aromatic N) is 2. The van der Waals surface area contributed by atoms with Crippen molar-refractivity contribution in [1.82, 2.24) is 20.4 Å². The second kappa shape index (κ2) is 6.91. The number of aromatic nitrogens is 2. The Hall–Kier alpha value is -1.56. The number of hydrogen-bond donors (Lipinski definition) is 2. The number of amides is 1. The Morgan fingerprint density at radius 3 is 2.70 bits per heavy atom. The maximum atomic E-state index is 12.3. The van der Waals surface area contributed by atoms with E-state index in [1.807, 2.05) is 6.07 Å². The molecular formula is C16H18Cl2N4O. The van der Waals surface area contributed by atoms with E-state index in [-0.39, 0.29) is 11.9 Å². The molecule has 0 unspecified atom stereocenters. The molecule has 23 heavy (non-hydrogen) atoms. The first-order chi connectivity index (χ1) is 11.0. The Morgan fingerprint density at radius 2 is 2.00 bits per heavy atom. The molecule has 2 heterocycles. The first-order valence-corrected chi connectivity index (χ1v) is 8.29. The van der Waals surface area contributed by atoms with Gasteiger partial charge in [0.1, 0.15) is 5.69 Å². The van der Waals surface area contributed by atoms with Gasteiger partial charge >= 0.3 is 0 Å². The van der Waals surface area contributed by atoms with Gasteiger partial charge in [-0.2, -0.15) is 5.10 Å². The van der Waals surface area contributed by atoms with Crippen molar-refractivity contribution >= 4 is 29.1 Å². The van der Waals surface area contributed by atoms with E-state index in [0.717, 1.165) is 31.5 Å². The molecule has 1 fully saturated rings. The van der Waals surface area contributed by atoms with Crippen LogP contribution in [0.15, 0.2) is 24.3 Å². The molecule has 0 aliphatic carbocycles. The number of benzene rings is 1. The molecule has 0 bridgehead atoms. The molecule has 0 spiro atoms. The number of halogens is 2. The molecule has 7 heteroatoms. The maximum Gasteiger partial charge on any atom is 0.269 e. The SMILES string of the molecule is CN1CCC(NC(=O)c2cc(-c3ccc(Cl)c(Cl)c3)n[nH]2)CC1. The second-order valence-corrected chi connectivity index (χ2v) is 6.66. The molecule has 1 saturated heterocycles. The highest BCUT2D eigenvalue weighted by Gasteiger charge is 2.20. The smallest absolute Gasteiger partial charge is 0.269 e. The van der Waals surface area contributed by atoms with Gasteiger partial charge in [0, 0.05) is 11.6 Å². The van der Waals surface area contributed by atoms with Crippen LogP contribution in [0.5, 0.6) is 0 Å². The van der Waals surface area contributed by atoms with Crippen molar-refractivity contribution in [2.24, 2.45) is 0 Å². The zero-order valence-corrected chi connectivity index (χ0v) is 14.3. The molecule has 0 saturated carbocycles. The van der Waals surface area contributed by atoms with Crippen molar-refractivity contribution in [2.75, 3.05) is 20.1 Å². The third-order valence-electron chi connectivity index (χ3n) is 4.09. The molecular weight excluding hydrogens is 335 g/mol. The van der Waals surface area contributed by atoms with Crippen LogP contribution in [0.2, 0.25) is 10.0 Å². The second-order valence-electron chi connectivity index (χ2n) is 5.85. The minimum Gasteiger partial charge on any atom is -0.348 e. The van der Waals surface area contributed by atoms with Crippen molar-refractivity contribution in [1.29, 1.82) is 0 Å². The molecule has 5 nitrogen and oxygen atoms in total.